The molecule has 4 aromatic rings. The maximum Gasteiger partial charge on any atom is 0.239 e. The number of nitrogens with one attached hydrogen (secondary N) is 1. The molecule has 0 aliphatic rings. The number of aromatic amines is 1. The van der Waals surface area contributed by atoms with Crippen LogP contribution in [-0.4, -0.2) is 4.98 Å². The van der Waals surface area contributed by atoms with Crippen LogP contribution in [0.5, 0.6) is 0 Å². The van der Waals surface area contributed by atoms with Crippen LogP contribution >= 0.6 is 34.2 Å². The predicted molar refractivity (Wildman–Crippen MR) is 92.2 cm³/mol. The van der Waals surface area contributed by atoms with Gasteiger partial charge in [-0.05, 0) is 46.9 Å². The van der Waals surface area contributed by atoms with Gasteiger partial charge in [0, 0.05) is 11.1 Å². The lowest BCUT2D eigenvalue weighted by Crippen LogP contribution is -2.30. The molecule has 1 N–H and O–H groups in total. The highest BCUT2D eigenvalue weighted by molar-refractivity contribution is 14.1. The molecule has 2 aromatic carbocycles. The van der Waals surface area contributed by atoms with E-state index in [1.165, 1.54) is 30.9 Å². The highest BCUT2D eigenvalue weighted by atomic mass is 127. The van der Waals surface area contributed by atoms with E-state index in [1.54, 1.807) is 0 Å². The van der Waals surface area contributed by atoms with E-state index in [9.17, 15) is 0 Å². The van der Waals surface area contributed by atoms with Crippen LogP contribution in [0.2, 0.25) is 5.02 Å². The van der Waals surface area contributed by atoms with Crippen LogP contribution in [0.15, 0.2) is 42.5 Å². The SMILES string of the molecule is C[n+]1c2ccc(Cl)cc2c(I)c2[nH]c3ccccc3c21. The molecule has 98 valence electrons. The fraction of sp³-hybridized carbons (Fsp3) is 0.0625. The Morgan fingerprint density at radius 1 is 1.10 bits per heavy atom. The third-order valence-corrected chi connectivity index (χ3v) is 5.15. The largest absolute Gasteiger partial charge is 0.348 e. The number of nitrogens with zero attached hydrogens (tertiary/aromatic N) is 1. The minimum atomic E-state index is 0.769. The minimum absolute atomic E-state index is 0.769. The number of fused-ring (bicyclic) bond motifs is 4. The molecule has 0 aliphatic carbocycles. The third-order valence-electron chi connectivity index (χ3n) is 3.79. The van der Waals surface area contributed by atoms with Crippen LogP contribution in [0.4, 0.5) is 0 Å². The quantitative estimate of drug-likeness (QED) is 0.334. The van der Waals surface area contributed by atoms with Gasteiger partial charge in [-0.3, -0.25) is 0 Å². The van der Waals surface area contributed by atoms with Crippen molar-refractivity contribution in [3.63, 3.8) is 0 Å². The number of hydrogen-bond donors (Lipinski definition) is 1. The minimum Gasteiger partial charge on any atom is -0.348 e. The van der Waals surface area contributed by atoms with Crippen molar-refractivity contribution >= 4 is 67.0 Å². The Morgan fingerprint density at radius 3 is 2.75 bits per heavy atom. The van der Waals surface area contributed by atoms with Crippen molar-refractivity contribution in [3.8, 4) is 0 Å². The highest BCUT2D eigenvalue weighted by Crippen LogP contribution is 2.31. The summed E-state index contributed by atoms with van der Waals surface area (Å²) in [6.07, 6.45) is 0. The van der Waals surface area contributed by atoms with Crippen LogP contribution in [0, 0.1) is 3.57 Å². The molecule has 0 unspecified atom stereocenters. The molecule has 0 fully saturated rings. The Kier molecular flexibility index (Phi) is 2.69. The van der Waals surface area contributed by atoms with Gasteiger partial charge in [-0.2, -0.15) is 4.57 Å². The molecular formula is C16H11ClIN2+. The Balaban J connectivity index is 2.36. The summed E-state index contributed by atoms with van der Waals surface area (Å²) in [4.78, 5) is 3.53. The second kappa shape index (κ2) is 4.33. The van der Waals surface area contributed by atoms with Gasteiger partial charge in [0.15, 0.2) is 0 Å². The first-order valence-corrected chi connectivity index (χ1v) is 7.79. The maximum absolute atomic E-state index is 6.15. The van der Waals surface area contributed by atoms with Crippen molar-refractivity contribution in [1.29, 1.82) is 0 Å². The van der Waals surface area contributed by atoms with Crippen LogP contribution in [-0.2, 0) is 7.05 Å². The average molecular weight is 394 g/mol. The van der Waals surface area contributed by atoms with Gasteiger partial charge in [0.05, 0.1) is 19.9 Å². The van der Waals surface area contributed by atoms with Crippen LogP contribution in [0.25, 0.3) is 32.8 Å². The van der Waals surface area contributed by atoms with Crippen LogP contribution in [0.1, 0.15) is 0 Å². The van der Waals surface area contributed by atoms with Crippen molar-refractivity contribution in [1.82, 2.24) is 4.98 Å². The van der Waals surface area contributed by atoms with Crippen molar-refractivity contribution in [2.24, 2.45) is 7.05 Å². The standard InChI is InChI=1S/C16H10ClIN2/c1-20-13-7-6-9(17)8-11(13)14(18)15-16(20)10-4-2-3-5-12(10)19-15/h2-8H,1H3/p+1. The number of benzene rings is 2. The molecule has 0 spiro atoms. The summed E-state index contributed by atoms with van der Waals surface area (Å²) in [5.74, 6) is 0. The number of hydrogen-bond acceptors (Lipinski definition) is 0. The molecule has 0 saturated heterocycles. The van der Waals surface area contributed by atoms with Gasteiger partial charge in [0.2, 0.25) is 11.0 Å². The fourth-order valence-corrected chi connectivity index (χ4v) is 3.86. The molecule has 20 heavy (non-hydrogen) atoms. The number of aryl methyl sites for hydroxylation is 1. The molecule has 0 aliphatic heterocycles. The summed E-state index contributed by atoms with van der Waals surface area (Å²) in [7, 11) is 2.11. The molecule has 2 aromatic heterocycles. The monoisotopic (exact) mass is 393 g/mol. The van der Waals surface area contributed by atoms with Gasteiger partial charge >= 0.3 is 0 Å². The van der Waals surface area contributed by atoms with E-state index in [2.05, 4.69) is 69.5 Å². The van der Waals surface area contributed by atoms with Gasteiger partial charge < -0.3 is 4.98 Å². The van der Waals surface area contributed by atoms with E-state index in [4.69, 9.17) is 11.6 Å². The van der Waals surface area contributed by atoms with Gasteiger partial charge in [-0.1, -0.05) is 23.7 Å². The Hall–Kier alpha value is -1.33. The molecular weight excluding hydrogens is 383 g/mol. The van der Waals surface area contributed by atoms with E-state index < -0.39 is 0 Å². The van der Waals surface area contributed by atoms with Crippen LogP contribution in [0.3, 0.4) is 0 Å². The molecule has 2 heterocycles. The smallest absolute Gasteiger partial charge is 0.239 e. The first-order chi connectivity index (χ1) is 9.66. The summed E-state index contributed by atoms with van der Waals surface area (Å²) in [6.45, 7) is 0. The molecule has 2 nitrogen and oxygen atoms in total. The van der Waals surface area contributed by atoms with E-state index in [1.807, 2.05) is 12.1 Å². The number of halogens is 2. The second-order valence-corrected chi connectivity index (χ2v) is 6.44. The summed E-state index contributed by atoms with van der Waals surface area (Å²) < 4.78 is 3.45. The topological polar surface area (TPSA) is 19.7 Å². The van der Waals surface area contributed by atoms with Crippen molar-refractivity contribution in [2.75, 3.05) is 0 Å². The van der Waals surface area contributed by atoms with E-state index >= 15 is 0 Å². The lowest BCUT2D eigenvalue weighted by Gasteiger charge is -2.02. The number of rotatable bonds is 0. The van der Waals surface area contributed by atoms with Gasteiger partial charge in [0.1, 0.15) is 12.6 Å². The molecule has 0 amide bonds. The number of aromatic nitrogens is 2. The van der Waals surface area contributed by atoms with Crippen molar-refractivity contribution in [3.05, 3.63) is 51.1 Å². The fourth-order valence-electron chi connectivity index (χ4n) is 2.87. The van der Waals surface area contributed by atoms with Gasteiger partial charge in [0.25, 0.3) is 0 Å². The summed E-state index contributed by atoms with van der Waals surface area (Å²) in [5, 5.41) is 3.20. The number of H-pyrrole nitrogens is 1. The maximum atomic E-state index is 6.15. The zero-order valence-corrected chi connectivity index (χ0v) is 13.7. The Bertz CT molecular complexity index is 988. The normalized spacial score (nSPS) is 11.8. The highest BCUT2D eigenvalue weighted by Gasteiger charge is 2.21. The molecule has 0 bridgehead atoms. The van der Waals surface area contributed by atoms with E-state index in [0.717, 1.165) is 10.5 Å². The molecule has 4 heteroatoms. The lowest BCUT2D eigenvalue weighted by atomic mass is 10.1. The number of para-hydroxylation sites is 1. The average Bonchev–Trinajstić information content (AvgIpc) is 2.84. The van der Waals surface area contributed by atoms with Crippen molar-refractivity contribution < 1.29 is 4.57 Å². The lowest BCUT2D eigenvalue weighted by molar-refractivity contribution is -0.616. The molecule has 4 rings (SSSR count). The zero-order chi connectivity index (χ0) is 13.9. The molecule has 0 saturated carbocycles. The van der Waals surface area contributed by atoms with Gasteiger partial charge in [-0.25, -0.2) is 0 Å². The first kappa shape index (κ1) is 12.4. The first-order valence-electron chi connectivity index (χ1n) is 6.34. The van der Waals surface area contributed by atoms with Gasteiger partial charge in [-0.15, -0.1) is 0 Å². The summed E-state index contributed by atoms with van der Waals surface area (Å²) >= 11 is 8.55. The van der Waals surface area contributed by atoms with Crippen molar-refractivity contribution in [2.45, 2.75) is 0 Å². The third kappa shape index (κ3) is 1.59. The number of pyridine rings is 1. The summed E-state index contributed by atoms with van der Waals surface area (Å²) in [6, 6.07) is 14.5. The Morgan fingerprint density at radius 2 is 1.90 bits per heavy atom. The molecule has 0 radical (unpaired) electrons. The predicted octanol–water partition coefficient (Wildman–Crippen LogP) is 4.56. The zero-order valence-electron chi connectivity index (χ0n) is 10.7. The Labute approximate surface area is 134 Å². The second-order valence-electron chi connectivity index (χ2n) is 4.93. The van der Waals surface area contributed by atoms with Crippen LogP contribution < -0.4 is 4.57 Å². The summed E-state index contributed by atoms with van der Waals surface area (Å²) in [5.41, 5.74) is 4.76. The molecule has 0 atom stereocenters. The van der Waals surface area contributed by atoms with E-state index in [0.29, 0.717) is 0 Å². The van der Waals surface area contributed by atoms with E-state index in [-0.39, 0.29) is 0 Å².